The predicted octanol–water partition coefficient (Wildman–Crippen LogP) is 2.23. The molecular weight excluding hydrogens is 383 g/mol. The van der Waals surface area contributed by atoms with Crippen molar-refractivity contribution in [1.82, 2.24) is 14.9 Å². The van der Waals surface area contributed by atoms with Crippen molar-refractivity contribution in [3.63, 3.8) is 0 Å². The zero-order valence-corrected chi connectivity index (χ0v) is 15.9. The van der Waals surface area contributed by atoms with Gasteiger partial charge in [0.25, 0.3) is 0 Å². The van der Waals surface area contributed by atoms with E-state index in [0.717, 1.165) is 17.7 Å². The molecule has 1 saturated heterocycles. The van der Waals surface area contributed by atoms with Crippen LogP contribution in [0.1, 0.15) is 22.7 Å². The van der Waals surface area contributed by atoms with Crippen LogP contribution < -0.4 is 16.0 Å². The molecule has 0 saturated carbocycles. The molecule has 29 heavy (non-hydrogen) atoms. The third-order valence-electron chi connectivity index (χ3n) is 5.08. The van der Waals surface area contributed by atoms with E-state index in [1.807, 2.05) is 4.90 Å². The Labute approximate surface area is 167 Å². The normalized spacial score (nSPS) is 16.3. The lowest BCUT2D eigenvalue weighted by atomic mass is 10.0. The Morgan fingerprint density at radius 2 is 1.83 bits per heavy atom. The molecule has 0 radical (unpaired) electrons. The number of nitrogens with zero attached hydrogens (tertiary/aromatic N) is 5. The molecule has 1 atom stereocenters. The van der Waals surface area contributed by atoms with Gasteiger partial charge in [0.05, 0.1) is 5.56 Å². The van der Waals surface area contributed by atoms with Crippen molar-refractivity contribution in [2.45, 2.75) is 12.2 Å². The highest BCUT2D eigenvalue weighted by Gasteiger charge is 2.31. The minimum Gasteiger partial charge on any atom is -0.372 e. The molecule has 1 fully saturated rings. The maximum Gasteiger partial charge on any atom is 0.416 e. The molecule has 3 N–H and O–H groups in total. The van der Waals surface area contributed by atoms with Crippen LogP contribution in [0.2, 0.25) is 0 Å². The van der Waals surface area contributed by atoms with Crippen LogP contribution in [-0.2, 0) is 6.18 Å². The molecule has 0 bridgehead atoms. The molecule has 1 aromatic carbocycles. The first-order chi connectivity index (χ1) is 13.9. The summed E-state index contributed by atoms with van der Waals surface area (Å²) in [5.41, 5.74) is 6.41. The third-order valence-corrected chi connectivity index (χ3v) is 5.08. The molecule has 0 amide bonds. The molecule has 154 valence electrons. The number of hydrogen-bond donors (Lipinski definition) is 2. The van der Waals surface area contributed by atoms with E-state index in [0.29, 0.717) is 49.9 Å². The van der Waals surface area contributed by atoms with E-state index in [2.05, 4.69) is 26.3 Å². The van der Waals surface area contributed by atoms with Crippen LogP contribution in [0.15, 0.2) is 30.6 Å². The SMILES string of the molecule is CNc1ncnc(N2CCN(C(CN)c3ccc(C(F)(F)F)cc3)CC2)c1C#N. The summed E-state index contributed by atoms with van der Waals surface area (Å²) in [6, 6.07) is 7.14. The van der Waals surface area contributed by atoms with Gasteiger partial charge in [-0.25, -0.2) is 9.97 Å². The number of nitrogens with one attached hydrogen (secondary N) is 1. The smallest absolute Gasteiger partial charge is 0.372 e. The van der Waals surface area contributed by atoms with Crippen molar-refractivity contribution in [2.24, 2.45) is 5.73 Å². The fourth-order valence-electron chi connectivity index (χ4n) is 3.54. The molecule has 1 unspecified atom stereocenters. The lowest BCUT2D eigenvalue weighted by Gasteiger charge is -2.39. The Morgan fingerprint density at radius 1 is 1.17 bits per heavy atom. The van der Waals surface area contributed by atoms with Crippen LogP contribution in [0.4, 0.5) is 24.8 Å². The molecule has 1 aromatic heterocycles. The van der Waals surface area contributed by atoms with E-state index in [1.165, 1.54) is 18.5 Å². The van der Waals surface area contributed by atoms with Crippen molar-refractivity contribution in [2.75, 3.05) is 50.0 Å². The Kier molecular flexibility index (Phi) is 6.20. The van der Waals surface area contributed by atoms with E-state index >= 15 is 0 Å². The Hall–Kier alpha value is -2.90. The molecular formula is C19H22F3N7. The summed E-state index contributed by atoms with van der Waals surface area (Å²) in [7, 11) is 1.70. The first kappa shape index (κ1) is 20.8. The number of nitrogens with two attached hydrogens (primary N) is 1. The minimum atomic E-state index is -4.36. The molecule has 1 aliphatic heterocycles. The molecule has 1 aliphatic rings. The van der Waals surface area contributed by atoms with E-state index in [9.17, 15) is 18.4 Å². The molecule has 3 rings (SSSR count). The summed E-state index contributed by atoms with van der Waals surface area (Å²) in [6.45, 7) is 2.82. The van der Waals surface area contributed by atoms with Crippen LogP contribution in [-0.4, -0.2) is 54.6 Å². The van der Waals surface area contributed by atoms with Crippen molar-refractivity contribution >= 4 is 11.6 Å². The quantitative estimate of drug-likeness (QED) is 0.788. The third kappa shape index (κ3) is 4.41. The molecule has 0 spiro atoms. The van der Waals surface area contributed by atoms with Gasteiger partial charge in [0.15, 0.2) is 5.82 Å². The summed E-state index contributed by atoms with van der Waals surface area (Å²) in [5.74, 6) is 1.05. The second kappa shape index (κ2) is 8.63. The summed E-state index contributed by atoms with van der Waals surface area (Å²) < 4.78 is 38.4. The average molecular weight is 405 g/mol. The minimum absolute atomic E-state index is 0.173. The van der Waals surface area contributed by atoms with Gasteiger partial charge in [-0.15, -0.1) is 0 Å². The maximum absolute atomic E-state index is 12.8. The molecule has 2 heterocycles. The second-order valence-electron chi connectivity index (χ2n) is 6.68. The highest BCUT2D eigenvalue weighted by molar-refractivity contribution is 5.65. The summed E-state index contributed by atoms with van der Waals surface area (Å²) >= 11 is 0. The fraction of sp³-hybridized carbons (Fsp3) is 0.421. The number of rotatable bonds is 5. The molecule has 2 aromatic rings. The van der Waals surface area contributed by atoms with Crippen LogP contribution in [0.25, 0.3) is 0 Å². The van der Waals surface area contributed by atoms with Gasteiger partial charge in [-0.2, -0.15) is 18.4 Å². The van der Waals surface area contributed by atoms with E-state index in [-0.39, 0.29) is 6.04 Å². The van der Waals surface area contributed by atoms with Gasteiger partial charge in [-0.05, 0) is 17.7 Å². The second-order valence-corrected chi connectivity index (χ2v) is 6.68. The number of anilines is 2. The topological polar surface area (TPSA) is 94.1 Å². The van der Waals surface area contributed by atoms with Gasteiger partial charge in [0.1, 0.15) is 23.8 Å². The largest absolute Gasteiger partial charge is 0.416 e. The Bertz CT molecular complexity index is 869. The monoisotopic (exact) mass is 405 g/mol. The first-order valence-corrected chi connectivity index (χ1v) is 9.18. The van der Waals surface area contributed by atoms with Crippen LogP contribution in [0, 0.1) is 11.3 Å². The van der Waals surface area contributed by atoms with Crippen LogP contribution in [0.5, 0.6) is 0 Å². The lowest BCUT2D eigenvalue weighted by Crippen LogP contribution is -2.49. The van der Waals surface area contributed by atoms with Crippen LogP contribution in [0.3, 0.4) is 0 Å². The van der Waals surface area contributed by atoms with Gasteiger partial charge in [0.2, 0.25) is 0 Å². The maximum atomic E-state index is 12.8. The Morgan fingerprint density at radius 3 is 2.34 bits per heavy atom. The summed E-state index contributed by atoms with van der Waals surface area (Å²) in [5, 5.41) is 12.4. The van der Waals surface area contributed by atoms with Crippen molar-refractivity contribution < 1.29 is 13.2 Å². The number of aromatic nitrogens is 2. The molecule has 0 aliphatic carbocycles. The zero-order valence-electron chi connectivity index (χ0n) is 15.9. The van der Waals surface area contributed by atoms with Gasteiger partial charge in [-0.3, -0.25) is 4.90 Å². The van der Waals surface area contributed by atoms with Gasteiger partial charge in [-0.1, -0.05) is 12.1 Å². The van der Waals surface area contributed by atoms with Crippen LogP contribution >= 0.6 is 0 Å². The molecule has 10 heteroatoms. The lowest BCUT2D eigenvalue weighted by molar-refractivity contribution is -0.137. The fourth-order valence-corrected chi connectivity index (χ4v) is 3.54. The van der Waals surface area contributed by atoms with Crippen molar-refractivity contribution in [1.29, 1.82) is 5.26 Å². The standard InChI is InChI=1S/C19H22F3N7/c1-25-17-15(10-23)18(27-12-26-17)29-8-6-28(7-9-29)16(11-24)13-2-4-14(5-3-13)19(20,21)22/h2-5,12,16H,6-9,11,24H2,1H3,(H,25,26,27). The van der Waals surface area contributed by atoms with Gasteiger partial charge < -0.3 is 16.0 Å². The van der Waals surface area contributed by atoms with Gasteiger partial charge in [0, 0.05) is 45.8 Å². The first-order valence-electron chi connectivity index (χ1n) is 9.18. The summed E-state index contributed by atoms with van der Waals surface area (Å²) in [6.07, 6.45) is -2.94. The number of alkyl halides is 3. The number of halogens is 3. The van der Waals surface area contributed by atoms with E-state index < -0.39 is 11.7 Å². The Balaban J connectivity index is 1.72. The zero-order chi connectivity index (χ0) is 21.0. The highest BCUT2D eigenvalue weighted by Crippen LogP contribution is 2.31. The van der Waals surface area contributed by atoms with Crippen molar-refractivity contribution in [3.05, 3.63) is 47.3 Å². The summed E-state index contributed by atoms with van der Waals surface area (Å²) in [4.78, 5) is 12.5. The average Bonchev–Trinajstić information content (AvgIpc) is 2.74. The number of benzene rings is 1. The van der Waals surface area contributed by atoms with Crippen molar-refractivity contribution in [3.8, 4) is 6.07 Å². The highest BCUT2D eigenvalue weighted by atomic mass is 19.4. The number of piperazine rings is 1. The molecule has 7 nitrogen and oxygen atoms in total. The number of hydrogen-bond acceptors (Lipinski definition) is 7. The van der Waals surface area contributed by atoms with E-state index in [4.69, 9.17) is 5.73 Å². The predicted molar refractivity (Wildman–Crippen MR) is 103 cm³/mol. The van der Waals surface area contributed by atoms with E-state index in [1.54, 1.807) is 7.05 Å². The van der Waals surface area contributed by atoms with Gasteiger partial charge >= 0.3 is 6.18 Å². The number of nitriles is 1.